The van der Waals surface area contributed by atoms with Crippen molar-refractivity contribution in [1.29, 1.82) is 0 Å². The molecule has 3 N–H and O–H groups in total. The van der Waals surface area contributed by atoms with Crippen molar-refractivity contribution in [3.8, 4) is 5.75 Å². The normalized spacial score (nSPS) is 12.0. The molecule has 4 aromatic rings. The molecular weight excluding hydrogens is 383 g/mol. The second-order valence-electron chi connectivity index (χ2n) is 6.97. The topological polar surface area (TPSA) is 74.3 Å². The summed E-state index contributed by atoms with van der Waals surface area (Å²) in [5.41, 5.74) is 3.14. The molecule has 5 nitrogen and oxygen atoms in total. The largest absolute Gasteiger partial charge is 0.497 e. The number of rotatable bonds is 7. The number of ether oxygens (including phenoxy) is 1. The van der Waals surface area contributed by atoms with Gasteiger partial charge < -0.3 is 20.1 Å². The fourth-order valence-corrected chi connectivity index (χ4v) is 3.52. The summed E-state index contributed by atoms with van der Waals surface area (Å²) in [6, 6.07) is 18.2. The third-order valence-corrected chi connectivity index (χ3v) is 5.00. The number of aliphatic hydroxyl groups excluding tert-OH is 1. The molecule has 1 heterocycles. The van der Waals surface area contributed by atoms with Crippen molar-refractivity contribution in [3.05, 3.63) is 95.4 Å². The number of H-pyrrole nitrogens is 1. The van der Waals surface area contributed by atoms with Crippen LogP contribution in [0.5, 0.6) is 5.75 Å². The minimum absolute atomic E-state index is 0.155. The van der Waals surface area contributed by atoms with Crippen LogP contribution in [-0.4, -0.2) is 23.0 Å². The number of hydrogen-bond acceptors (Lipinski definition) is 4. The highest BCUT2D eigenvalue weighted by Gasteiger charge is 2.25. The van der Waals surface area contributed by atoms with Gasteiger partial charge in [-0.25, -0.2) is 4.39 Å². The molecule has 0 saturated carbocycles. The van der Waals surface area contributed by atoms with Gasteiger partial charge in [0.25, 0.3) is 0 Å². The number of methoxy groups -OCH3 is 1. The predicted octanol–water partition coefficient (Wildman–Crippen LogP) is 4.84. The fourth-order valence-electron chi connectivity index (χ4n) is 3.52. The van der Waals surface area contributed by atoms with E-state index in [1.54, 1.807) is 37.6 Å². The second kappa shape index (κ2) is 8.39. The number of aromatic amines is 1. The van der Waals surface area contributed by atoms with Gasteiger partial charge in [0.05, 0.1) is 13.7 Å². The third-order valence-electron chi connectivity index (χ3n) is 5.00. The van der Waals surface area contributed by atoms with Crippen molar-refractivity contribution >= 4 is 22.4 Å². The van der Waals surface area contributed by atoms with Crippen molar-refractivity contribution < 1.29 is 19.0 Å². The van der Waals surface area contributed by atoms with Gasteiger partial charge in [-0.1, -0.05) is 30.3 Å². The number of carbonyl (C=O) groups excluding carboxylic acids is 1. The molecule has 4 rings (SSSR count). The van der Waals surface area contributed by atoms with E-state index in [2.05, 4.69) is 10.3 Å². The van der Waals surface area contributed by atoms with Gasteiger partial charge in [0.15, 0.2) is 5.78 Å². The number of Topliss-reactive ketones (excluding diaryl/α,β-unsaturated/α-hetero) is 1. The summed E-state index contributed by atoms with van der Waals surface area (Å²) in [7, 11) is 1.54. The zero-order valence-corrected chi connectivity index (χ0v) is 16.4. The standard InChI is InChI=1S/C24H21FN2O3/c1-30-19-10-15(14-28)9-18(12-19)27-23(16-5-3-2-4-6-16)24(29)21-13-26-22-8-7-17(25)11-20(21)22/h2-13,23,26-28H,14H2,1H3. The first kappa shape index (κ1) is 19.7. The first-order valence-electron chi connectivity index (χ1n) is 9.50. The Labute approximate surface area is 173 Å². The van der Waals surface area contributed by atoms with Crippen molar-refractivity contribution in [2.75, 3.05) is 12.4 Å². The molecule has 0 amide bonds. The van der Waals surface area contributed by atoms with E-state index in [1.165, 1.54) is 12.1 Å². The number of anilines is 1. The summed E-state index contributed by atoms with van der Waals surface area (Å²) in [4.78, 5) is 16.6. The highest BCUT2D eigenvalue weighted by Crippen LogP contribution is 2.30. The van der Waals surface area contributed by atoms with E-state index < -0.39 is 11.9 Å². The van der Waals surface area contributed by atoms with Crippen molar-refractivity contribution in [2.45, 2.75) is 12.6 Å². The number of fused-ring (bicyclic) bond motifs is 1. The molecule has 30 heavy (non-hydrogen) atoms. The number of aliphatic hydroxyl groups is 1. The van der Waals surface area contributed by atoms with E-state index in [1.807, 2.05) is 30.3 Å². The smallest absolute Gasteiger partial charge is 0.191 e. The number of hydrogen-bond donors (Lipinski definition) is 3. The van der Waals surface area contributed by atoms with Gasteiger partial charge in [0.2, 0.25) is 0 Å². The Bertz CT molecular complexity index is 1170. The van der Waals surface area contributed by atoms with Gasteiger partial charge in [-0.2, -0.15) is 0 Å². The molecule has 0 bridgehead atoms. The fraction of sp³-hybridized carbons (Fsp3) is 0.125. The number of carbonyl (C=O) groups is 1. The van der Waals surface area contributed by atoms with Crippen LogP contribution in [0.15, 0.2) is 72.9 Å². The summed E-state index contributed by atoms with van der Waals surface area (Å²) in [5, 5.41) is 13.3. The first-order valence-corrected chi connectivity index (χ1v) is 9.50. The lowest BCUT2D eigenvalue weighted by Crippen LogP contribution is -2.21. The Balaban J connectivity index is 1.77. The van der Waals surface area contributed by atoms with Crippen LogP contribution < -0.4 is 10.1 Å². The van der Waals surface area contributed by atoms with Gasteiger partial charge >= 0.3 is 0 Å². The average molecular weight is 404 g/mol. The molecule has 0 aliphatic heterocycles. The van der Waals surface area contributed by atoms with Gasteiger partial charge in [0.1, 0.15) is 17.6 Å². The summed E-state index contributed by atoms with van der Waals surface area (Å²) < 4.78 is 19.1. The Morgan fingerprint density at radius 3 is 2.67 bits per heavy atom. The van der Waals surface area contributed by atoms with Crippen LogP contribution in [0.2, 0.25) is 0 Å². The molecule has 1 unspecified atom stereocenters. The summed E-state index contributed by atoms with van der Waals surface area (Å²) >= 11 is 0. The molecule has 1 aromatic heterocycles. The van der Waals surface area contributed by atoms with Crippen LogP contribution in [0.3, 0.4) is 0 Å². The predicted molar refractivity (Wildman–Crippen MR) is 114 cm³/mol. The van der Waals surface area contributed by atoms with Crippen LogP contribution in [0.1, 0.15) is 27.5 Å². The highest BCUT2D eigenvalue weighted by molar-refractivity contribution is 6.11. The maximum absolute atomic E-state index is 13.8. The Morgan fingerprint density at radius 2 is 1.93 bits per heavy atom. The number of benzene rings is 3. The quantitative estimate of drug-likeness (QED) is 0.385. The van der Waals surface area contributed by atoms with E-state index >= 15 is 0 Å². The lowest BCUT2D eigenvalue weighted by Gasteiger charge is -2.20. The maximum Gasteiger partial charge on any atom is 0.191 e. The van der Waals surface area contributed by atoms with E-state index in [0.717, 1.165) is 5.56 Å². The number of nitrogens with one attached hydrogen (secondary N) is 2. The zero-order valence-electron chi connectivity index (χ0n) is 16.4. The van der Waals surface area contributed by atoms with Gasteiger partial charge in [-0.15, -0.1) is 0 Å². The Kier molecular flexibility index (Phi) is 5.50. The zero-order chi connectivity index (χ0) is 21.1. The van der Waals surface area contributed by atoms with E-state index in [-0.39, 0.29) is 12.4 Å². The summed E-state index contributed by atoms with van der Waals surface area (Å²) in [6.45, 7) is -0.155. The number of aromatic nitrogens is 1. The van der Waals surface area contributed by atoms with Gasteiger partial charge in [-0.3, -0.25) is 4.79 Å². The number of halogens is 1. The molecule has 0 spiro atoms. The monoisotopic (exact) mass is 404 g/mol. The van der Waals surface area contributed by atoms with Crippen LogP contribution in [0, 0.1) is 5.82 Å². The van der Waals surface area contributed by atoms with Crippen molar-refractivity contribution in [1.82, 2.24) is 4.98 Å². The Hall–Kier alpha value is -3.64. The molecule has 0 fully saturated rings. The maximum atomic E-state index is 13.8. The van der Waals surface area contributed by atoms with Crippen LogP contribution >= 0.6 is 0 Å². The molecule has 0 radical (unpaired) electrons. The molecule has 152 valence electrons. The molecule has 0 saturated heterocycles. The van der Waals surface area contributed by atoms with E-state index in [4.69, 9.17) is 4.74 Å². The molecular formula is C24H21FN2O3. The van der Waals surface area contributed by atoms with Crippen molar-refractivity contribution in [3.63, 3.8) is 0 Å². The molecule has 6 heteroatoms. The number of ketones is 1. The van der Waals surface area contributed by atoms with E-state index in [9.17, 15) is 14.3 Å². The Morgan fingerprint density at radius 1 is 1.13 bits per heavy atom. The second-order valence-corrected chi connectivity index (χ2v) is 6.97. The molecule has 0 aliphatic carbocycles. The minimum Gasteiger partial charge on any atom is -0.497 e. The highest BCUT2D eigenvalue weighted by atomic mass is 19.1. The average Bonchev–Trinajstić information content (AvgIpc) is 3.20. The van der Waals surface area contributed by atoms with Crippen LogP contribution in [0.4, 0.5) is 10.1 Å². The third kappa shape index (κ3) is 3.90. The van der Waals surface area contributed by atoms with Crippen molar-refractivity contribution in [2.24, 2.45) is 0 Å². The minimum atomic E-state index is -0.716. The van der Waals surface area contributed by atoms with E-state index in [0.29, 0.717) is 33.5 Å². The van der Waals surface area contributed by atoms with Crippen LogP contribution in [0.25, 0.3) is 10.9 Å². The summed E-state index contributed by atoms with van der Waals surface area (Å²) in [6.07, 6.45) is 1.61. The lowest BCUT2D eigenvalue weighted by atomic mass is 9.96. The first-order chi connectivity index (χ1) is 14.6. The summed E-state index contributed by atoms with van der Waals surface area (Å²) in [5.74, 6) is -0.0374. The van der Waals surface area contributed by atoms with Gasteiger partial charge in [0, 0.05) is 34.4 Å². The molecule has 3 aromatic carbocycles. The molecule has 0 aliphatic rings. The molecule has 1 atom stereocenters. The lowest BCUT2D eigenvalue weighted by molar-refractivity contribution is 0.0971. The SMILES string of the molecule is COc1cc(CO)cc(NC(C(=O)c2c[nH]c3ccc(F)cc23)c2ccccc2)c1. The van der Waals surface area contributed by atoms with Gasteiger partial charge in [-0.05, 0) is 41.5 Å². The van der Waals surface area contributed by atoms with Crippen LogP contribution in [-0.2, 0) is 6.61 Å².